The van der Waals surface area contributed by atoms with Crippen molar-refractivity contribution < 1.29 is 23.5 Å². The second kappa shape index (κ2) is 10.8. The second-order valence-corrected chi connectivity index (χ2v) is 9.70. The average Bonchev–Trinajstić information content (AvgIpc) is 3.53. The van der Waals surface area contributed by atoms with Crippen LogP contribution in [0, 0.1) is 5.92 Å². The molecule has 1 aromatic carbocycles. The normalized spacial score (nSPS) is 15.2. The summed E-state index contributed by atoms with van der Waals surface area (Å²) in [4.78, 5) is 31.2. The lowest BCUT2D eigenvalue weighted by molar-refractivity contribution is -0.135. The van der Waals surface area contributed by atoms with Crippen molar-refractivity contribution in [1.82, 2.24) is 9.80 Å². The van der Waals surface area contributed by atoms with Gasteiger partial charge < -0.3 is 23.7 Å². The van der Waals surface area contributed by atoms with Crippen molar-refractivity contribution in [3.8, 4) is 11.5 Å². The lowest BCUT2D eigenvalue weighted by atomic mass is 10.00. The van der Waals surface area contributed by atoms with Gasteiger partial charge in [-0.1, -0.05) is 19.9 Å². The Labute approximate surface area is 203 Å². The molecule has 0 saturated carbocycles. The molecule has 0 aliphatic carbocycles. The molecule has 1 unspecified atom stereocenters. The fourth-order valence-corrected chi connectivity index (χ4v) is 5.14. The number of benzene rings is 1. The number of carbonyl (C=O) groups is 2. The van der Waals surface area contributed by atoms with Crippen LogP contribution in [0.4, 0.5) is 0 Å². The summed E-state index contributed by atoms with van der Waals surface area (Å²) in [6.45, 7) is 5.41. The molecule has 8 heteroatoms. The minimum atomic E-state index is -0.274. The summed E-state index contributed by atoms with van der Waals surface area (Å²) in [6, 6.07) is 12.6. The first-order valence-electron chi connectivity index (χ1n) is 11.4. The van der Waals surface area contributed by atoms with E-state index in [0.29, 0.717) is 31.2 Å². The SMILES string of the molecule is COc1cccc(OCC2c3ccsc3CCN2C(=O)CN(CC(C)C)C(=O)c2ccco2)c1. The standard InChI is InChI=1S/C26H30N2O5S/c1-18(2)15-27(26(30)23-8-5-12-32-23)16-25(29)28-11-9-24-21(10-13-34-24)22(28)17-33-20-7-4-6-19(14-20)31-3/h4-8,10,12-14,18,22H,9,11,15-17H2,1-3H3. The van der Waals surface area contributed by atoms with Crippen LogP contribution in [0.1, 0.15) is 40.9 Å². The lowest BCUT2D eigenvalue weighted by Crippen LogP contribution is -2.48. The highest BCUT2D eigenvalue weighted by Crippen LogP contribution is 2.34. The average molecular weight is 483 g/mol. The molecule has 34 heavy (non-hydrogen) atoms. The fourth-order valence-electron chi connectivity index (χ4n) is 4.21. The maximum atomic E-state index is 13.5. The van der Waals surface area contributed by atoms with Crippen LogP contribution in [0.2, 0.25) is 0 Å². The molecular weight excluding hydrogens is 452 g/mol. The van der Waals surface area contributed by atoms with Crippen LogP contribution in [0.15, 0.2) is 58.5 Å². The third-order valence-corrected chi connectivity index (χ3v) is 6.79. The van der Waals surface area contributed by atoms with E-state index < -0.39 is 0 Å². The zero-order valence-corrected chi connectivity index (χ0v) is 20.5. The highest BCUT2D eigenvalue weighted by molar-refractivity contribution is 7.10. The van der Waals surface area contributed by atoms with Crippen LogP contribution in [0.25, 0.3) is 0 Å². The largest absolute Gasteiger partial charge is 0.497 e. The molecule has 0 fully saturated rings. The van der Waals surface area contributed by atoms with Gasteiger partial charge in [0, 0.05) is 24.0 Å². The minimum Gasteiger partial charge on any atom is -0.497 e. The summed E-state index contributed by atoms with van der Waals surface area (Å²) in [7, 11) is 1.62. The van der Waals surface area contributed by atoms with Crippen molar-refractivity contribution in [3.63, 3.8) is 0 Å². The van der Waals surface area contributed by atoms with Gasteiger partial charge in [0.1, 0.15) is 24.7 Å². The first-order valence-corrected chi connectivity index (χ1v) is 12.3. The topological polar surface area (TPSA) is 72.2 Å². The van der Waals surface area contributed by atoms with E-state index in [2.05, 4.69) is 11.4 Å². The van der Waals surface area contributed by atoms with E-state index in [9.17, 15) is 9.59 Å². The van der Waals surface area contributed by atoms with Gasteiger partial charge in [0.2, 0.25) is 5.91 Å². The van der Waals surface area contributed by atoms with E-state index in [1.54, 1.807) is 35.5 Å². The molecule has 7 nitrogen and oxygen atoms in total. The fraction of sp³-hybridized carbons (Fsp3) is 0.385. The molecule has 0 bridgehead atoms. The van der Waals surface area contributed by atoms with Crippen molar-refractivity contribution in [3.05, 3.63) is 70.3 Å². The molecule has 0 radical (unpaired) electrons. The van der Waals surface area contributed by atoms with E-state index in [-0.39, 0.29) is 36.1 Å². The molecule has 1 aliphatic rings. The zero-order valence-electron chi connectivity index (χ0n) is 19.7. The number of hydrogen-bond donors (Lipinski definition) is 0. The lowest BCUT2D eigenvalue weighted by Gasteiger charge is -2.37. The van der Waals surface area contributed by atoms with Crippen LogP contribution in [0.5, 0.6) is 11.5 Å². The van der Waals surface area contributed by atoms with Gasteiger partial charge in [-0.2, -0.15) is 0 Å². The van der Waals surface area contributed by atoms with Crippen molar-refractivity contribution in [1.29, 1.82) is 0 Å². The maximum absolute atomic E-state index is 13.5. The van der Waals surface area contributed by atoms with Gasteiger partial charge in [-0.25, -0.2) is 0 Å². The van der Waals surface area contributed by atoms with E-state index in [1.807, 2.05) is 43.0 Å². The number of nitrogens with zero attached hydrogens (tertiary/aromatic N) is 2. The Morgan fingerprint density at radius 2 is 2.03 bits per heavy atom. The minimum absolute atomic E-state index is 0.00710. The first-order chi connectivity index (χ1) is 16.5. The van der Waals surface area contributed by atoms with Gasteiger partial charge in [0.15, 0.2) is 5.76 Å². The van der Waals surface area contributed by atoms with E-state index in [4.69, 9.17) is 13.9 Å². The molecule has 3 heterocycles. The van der Waals surface area contributed by atoms with Gasteiger partial charge in [-0.3, -0.25) is 9.59 Å². The van der Waals surface area contributed by atoms with Crippen molar-refractivity contribution in [2.45, 2.75) is 26.3 Å². The summed E-state index contributed by atoms with van der Waals surface area (Å²) < 4.78 is 16.7. The number of carbonyl (C=O) groups excluding carboxylic acids is 2. The maximum Gasteiger partial charge on any atom is 0.290 e. The zero-order chi connectivity index (χ0) is 24.1. The van der Waals surface area contributed by atoms with Gasteiger partial charge in [0.05, 0.1) is 19.4 Å². The number of furan rings is 1. The monoisotopic (exact) mass is 482 g/mol. The Balaban J connectivity index is 1.52. The Bertz CT molecular complexity index is 1110. The Kier molecular flexibility index (Phi) is 7.57. The molecule has 2 amide bonds. The third kappa shape index (κ3) is 5.44. The van der Waals surface area contributed by atoms with E-state index in [1.165, 1.54) is 11.1 Å². The molecular formula is C26H30N2O5S. The number of rotatable bonds is 9. The number of ether oxygens (including phenoxy) is 2. The predicted octanol–water partition coefficient (Wildman–Crippen LogP) is 4.65. The highest BCUT2D eigenvalue weighted by Gasteiger charge is 2.34. The second-order valence-electron chi connectivity index (χ2n) is 8.70. The summed E-state index contributed by atoms with van der Waals surface area (Å²) in [5, 5.41) is 2.06. The summed E-state index contributed by atoms with van der Waals surface area (Å²) in [5.74, 6) is 1.48. The molecule has 1 aliphatic heterocycles. The number of fused-ring (bicyclic) bond motifs is 1. The smallest absolute Gasteiger partial charge is 0.290 e. The van der Waals surface area contributed by atoms with E-state index in [0.717, 1.165) is 12.0 Å². The van der Waals surface area contributed by atoms with Crippen molar-refractivity contribution in [2.24, 2.45) is 5.92 Å². The molecule has 0 saturated heterocycles. The molecule has 2 aromatic heterocycles. The first kappa shape index (κ1) is 23.9. The number of hydrogen-bond acceptors (Lipinski definition) is 6. The Hall–Kier alpha value is -3.26. The summed E-state index contributed by atoms with van der Waals surface area (Å²) in [6.07, 6.45) is 2.27. The highest BCUT2D eigenvalue weighted by atomic mass is 32.1. The Morgan fingerprint density at radius 3 is 2.76 bits per heavy atom. The third-order valence-electron chi connectivity index (χ3n) is 5.80. The van der Waals surface area contributed by atoms with Gasteiger partial charge in [-0.15, -0.1) is 11.3 Å². The van der Waals surface area contributed by atoms with Gasteiger partial charge >= 0.3 is 0 Å². The summed E-state index contributed by atoms with van der Waals surface area (Å²) >= 11 is 1.71. The van der Waals surface area contributed by atoms with Crippen LogP contribution in [0.3, 0.4) is 0 Å². The van der Waals surface area contributed by atoms with Crippen LogP contribution in [-0.4, -0.2) is 55.0 Å². The van der Waals surface area contributed by atoms with Crippen LogP contribution < -0.4 is 9.47 Å². The van der Waals surface area contributed by atoms with Crippen molar-refractivity contribution >= 4 is 23.2 Å². The van der Waals surface area contributed by atoms with Gasteiger partial charge in [0.25, 0.3) is 5.91 Å². The molecule has 1 atom stereocenters. The van der Waals surface area contributed by atoms with Crippen LogP contribution in [-0.2, 0) is 11.2 Å². The van der Waals surface area contributed by atoms with Crippen molar-refractivity contribution in [2.75, 3.05) is 33.4 Å². The number of thiophene rings is 1. The van der Waals surface area contributed by atoms with Gasteiger partial charge in [-0.05, 0) is 53.6 Å². The van der Waals surface area contributed by atoms with Crippen LogP contribution >= 0.6 is 11.3 Å². The van der Waals surface area contributed by atoms with E-state index >= 15 is 0 Å². The molecule has 3 aromatic rings. The molecule has 4 rings (SSSR count). The number of amides is 2. The number of methoxy groups -OCH3 is 1. The molecule has 180 valence electrons. The summed E-state index contributed by atoms with van der Waals surface area (Å²) in [5.41, 5.74) is 1.11. The Morgan fingerprint density at radius 1 is 1.21 bits per heavy atom. The quantitative estimate of drug-likeness (QED) is 0.444. The predicted molar refractivity (Wildman–Crippen MR) is 130 cm³/mol. The molecule has 0 spiro atoms. The molecule has 0 N–H and O–H groups in total.